The number of rotatable bonds is 7. The number of pyridine rings is 1. The number of nitrogens with zero attached hydrogens (tertiary/aromatic N) is 1. The zero-order chi connectivity index (χ0) is 12.9. The standard InChI is InChI=1S/C15H18N2OS/c1-2-15(19-9-1)6-8-18-14-5-7-16-13(10-14)11-17-12-3-4-12/h1-2,5,7,9-10,12,17H,3-4,6,8,11H2. The summed E-state index contributed by atoms with van der Waals surface area (Å²) in [5.74, 6) is 0.916. The second kappa shape index (κ2) is 6.17. The van der Waals surface area contributed by atoms with E-state index in [0.29, 0.717) is 6.04 Å². The van der Waals surface area contributed by atoms with Gasteiger partial charge in [0.2, 0.25) is 0 Å². The summed E-state index contributed by atoms with van der Waals surface area (Å²) in [6, 6.07) is 8.89. The van der Waals surface area contributed by atoms with Gasteiger partial charge in [-0.25, -0.2) is 0 Å². The smallest absolute Gasteiger partial charge is 0.122 e. The van der Waals surface area contributed by atoms with Gasteiger partial charge in [0, 0.05) is 36.1 Å². The van der Waals surface area contributed by atoms with Crippen LogP contribution < -0.4 is 10.1 Å². The van der Waals surface area contributed by atoms with Gasteiger partial charge in [-0.05, 0) is 30.4 Å². The molecule has 1 N–H and O–H groups in total. The van der Waals surface area contributed by atoms with E-state index in [9.17, 15) is 0 Å². The molecule has 0 amide bonds. The summed E-state index contributed by atoms with van der Waals surface area (Å²) in [6.45, 7) is 1.56. The molecular formula is C15H18N2OS. The molecule has 4 heteroatoms. The molecule has 0 bridgehead atoms. The van der Waals surface area contributed by atoms with Gasteiger partial charge < -0.3 is 10.1 Å². The molecule has 1 fully saturated rings. The lowest BCUT2D eigenvalue weighted by Crippen LogP contribution is -2.16. The van der Waals surface area contributed by atoms with Crippen LogP contribution in [0, 0.1) is 0 Å². The molecule has 2 aromatic rings. The summed E-state index contributed by atoms with van der Waals surface area (Å²) in [4.78, 5) is 5.72. The Morgan fingerprint density at radius 3 is 3.11 bits per heavy atom. The average molecular weight is 274 g/mol. The maximum Gasteiger partial charge on any atom is 0.122 e. The Morgan fingerprint density at radius 1 is 1.37 bits per heavy atom. The molecule has 1 aliphatic carbocycles. The molecule has 2 heterocycles. The van der Waals surface area contributed by atoms with E-state index in [4.69, 9.17) is 4.74 Å². The fraction of sp³-hybridized carbons (Fsp3) is 0.400. The summed E-state index contributed by atoms with van der Waals surface area (Å²) in [5, 5.41) is 5.56. The molecule has 3 nitrogen and oxygen atoms in total. The molecule has 3 rings (SSSR count). The first-order valence-electron chi connectivity index (χ1n) is 6.73. The molecule has 0 atom stereocenters. The van der Waals surface area contributed by atoms with Gasteiger partial charge in [-0.1, -0.05) is 6.07 Å². The average Bonchev–Trinajstić information content (AvgIpc) is 3.13. The first-order chi connectivity index (χ1) is 9.40. The van der Waals surface area contributed by atoms with Crippen LogP contribution in [0.3, 0.4) is 0 Å². The Labute approximate surface area is 117 Å². The summed E-state index contributed by atoms with van der Waals surface area (Å²) in [5.41, 5.74) is 1.06. The molecule has 100 valence electrons. The van der Waals surface area contributed by atoms with E-state index in [2.05, 4.69) is 27.8 Å². The topological polar surface area (TPSA) is 34.1 Å². The van der Waals surface area contributed by atoms with Crippen molar-refractivity contribution < 1.29 is 4.74 Å². The molecule has 2 aromatic heterocycles. The minimum absolute atomic E-state index is 0.713. The molecule has 0 spiro atoms. The van der Waals surface area contributed by atoms with Crippen molar-refractivity contribution in [3.63, 3.8) is 0 Å². The SMILES string of the molecule is c1csc(CCOc2ccnc(CNC3CC3)c2)c1. The molecule has 1 saturated carbocycles. The zero-order valence-electron chi connectivity index (χ0n) is 10.8. The minimum Gasteiger partial charge on any atom is -0.493 e. The summed E-state index contributed by atoms with van der Waals surface area (Å²) in [6.07, 6.45) is 5.40. The second-order valence-corrected chi connectivity index (χ2v) is 5.85. The molecule has 0 aliphatic heterocycles. The lowest BCUT2D eigenvalue weighted by molar-refractivity contribution is 0.322. The van der Waals surface area contributed by atoms with E-state index in [1.807, 2.05) is 18.3 Å². The summed E-state index contributed by atoms with van der Waals surface area (Å²) < 4.78 is 5.78. The van der Waals surface area contributed by atoms with Gasteiger partial charge in [0.15, 0.2) is 0 Å². The largest absolute Gasteiger partial charge is 0.493 e. The van der Waals surface area contributed by atoms with E-state index in [1.54, 1.807) is 11.3 Å². The molecule has 0 saturated heterocycles. The van der Waals surface area contributed by atoms with Crippen molar-refractivity contribution in [2.24, 2.45) is 0 Å². The van der Waals surface area contributed by atoms with Crippen molar-refractivity contribution in [2.75, 3.05) is 6.61 Å². The number of ether oxygens (including phenoxy) is 1. The van der Waals surface area contributed by atoms with E-state index < -0.39 is 0 Å². The van der Waals surface area contributed by atoms with E-state index in [1.165, 1.54) is 17.7 Å². The van der Waals surface area contributed by atoms with Crippen LogP contribution >= 0.6 is 11.3 Å². The Bertz CT molecular complexity index is 509. The molecule has 0 aromatic carbocycles. The van der Waals surface area contributed by atoms with Gasteiger partial charge in [0.1, 0.15) is 5.75 Å². The van der Waals surface area contributed by atoms with Crippen molar-refractivity contribution in [1.29, 1.82) is 0 Å². The van der Waals surface area contributed by atoms with Crippen LogP contribution in [-0.2, 0) is 13.0 Å². The monoisotopic (exact) mass is 274 g/mol. The third kappa shape index (κ3) is 4.04. The summed E-state index contributed by atoms with van der Waals surface area (Å²) in [7, 11) is 0. The van der Waals surface area contributed by atoms with Crippen LogP contribution in [-0.4, -0.2) is 17.6 Å². The third-order valence-electron chi connectivity index (χ3n) is 3.13. The van der Waals surface area contributed by atoms with Crippen LogP contribution in [0.25, 0.3) is 0 Å². The van der Waals surface area contributed by atoms with E-state index >= 15 is 0 Å². The maximum atomic E-state index is 5.78. The minimum atomic E-state index is 0.713. The normalized spacial score (nSPS) is 14.5. The van der Waals surface area contributed by atoms with Gasteiger partial charge in [-0.2, -0.15) is 0 Å². The van der Waals surface area contributed by atoms with Crippen LogP contribution in [0.1, 0.15) is 23.4 Å². The Kier molecular flexibility index (Phi) is 4.10. The molecule has 19 heavy (non-hydrogen) atoms. The Balaban J connectivity index is 1.47. The van der Waals surface area contributed by atoms with Crippen LogP contribution in [0.15, 0.2) is 35.8 Å². The Morgan fingerprint density at radius 2 is 2.32 bits per heavy atom. The Hall–Kier alpha value is -1.39. The van der Waals surface area contributed by atoms with E-state index in [-0.39, 0.29) is 0 Å². The lowest BCUT2D eigenvalue weighted by atomic mass is 10.3. The molecule has 0 radical (unpaired) electrons. The summed E-state index contributed by atoms with van der Waals surface area (Å²) >= 11 is 1.78. The van der Waals surface area contributed by atoms with Crippen molar-refractivity contribution in [3.05, 3.63) is 46.4 Å². The number of thiophene rings is 1. The number of aromatic nitrogens is 1. The number of hydrogen-bond acceptors (Lipinski definition) is 4. The van der Waals surface area contributed by atoms with Gasteiger partial charge in [-0.15, -0.1) is 11.3 Å². The number of hydrogen-bond donors (Lipinski definition) is 1. The van der Waals surface area contributed by atoms with Gasteiger partial charge in [-0.3, -0.25) is 4.98 Å². The van der Waals surface area contributed by atoms with Gasteiger partial charge in [0.05, 0.1) is 12.3 Å². The first kappa shape index (κ1) is 12.6. The predicted octanol–water partition coefficient (Wildman–Crippen LogP) is 3.02. The van der Waals surface area contributed by atoms with Crippen molar-refractivity contribution in [3.8, 4) is 5.75 Å². The fourth-order valence-corrected chi connectivity index (χ4v) is 2.59. The van der Waals surface area contributed by atoms with Crippen molar-refractivity contribution in [1.82, 2.24) is 10.3 Å². The highest BCUT2D eigenvalue weighted by molar-refractivity contribution is 7.09. The quantitative estimate of drug-likeness (QED) is 0.842. The predicted molar refractivity (Wildman–Crippen MR) is 77.6 cm³/mol. The third-order valence-corrected chi connectivity index (χ3v) is 4.07. The van der Waals surface area contributed by atoms with Gasteiger partial charge >= 0.3 is 0 Å². The second-order valence-electron chi connectivity index (χ2n) is 4.82. The highest BCUT2D eigenvalue weighted by Crippen LogP contribution is 2.19. The van der Waals surface area contributed by atoms with E-state index in [0.717, 1.165) is 31.0 Å². The molecule has 0 unspecified atom stereocenters. The highest BCUT2D eigenvalue weighted by atomic mass is 32.1. The molecule has 1 aliphatic rings. The number of nitrogens with one attached hydrogen (secondary N) is 1. The van der Waals surface area contributed by atoms with Crippen LogP contribution in [0.4, 0.5) is 0 Å². The van der Waals surface area contributed by atoms with Gasteiger partial charge in [0.25, 0.3) is 0 Å². The molecular weight excluding hydrogens is 256 g/mol. The van der Waals surface area contributed by atoms with Crippen LogP contribution in [0.2, 0.25) is 0 Å². The highest BCUT2D eigenvalue weighted by Gasteiger charge is 2.20. The zero-order valence-corrected chi connectivity index (χ0v) is 11.7. The van der Waals surface area contributed by atoms with Crippen molar-refractivity contribution in [2.45, 2.75) is 31.8 Å². The fourth-order valence-electron chi connectivity index (χ4n) is 1.90. The lowest BCUT2D eigenvalue weighted by Gasteiger charge is -2.07. The van der Waals surface area contributed by atoms with Crippen LogP contribution in [0.5, 0.6) is 5.75 Å². The maximum absolute atomic E-state index is 5.78. The first-order valence-corrected chi connectivity index (χ1v) is 7.61. The van der Waals surface area contributed by atoms with Crippen molar-refractivity contribution >= 4 is 11.3 Å².